The molecule has 0 bridgehead atoms. The molecule has 3 aromatic rings. The van der Waals surface area contributed by atoms with Crippen LogP contribution in [0.25, 0.3) is 0 Å². The van der Waals surface area contributed by atoms with Gasteiger partial charge < -0.3 is 9.80 Å². The lowest BCUT2D eigenvalue weighted by Crippen LogP contribution is -2.23. The van der Waals surface area contributed by atoms with Gasteiger partial charge in [0.1, 0.15) is 11.4 Å². The second-order valence-corrected chi connectivity index (χ2v) is 7.78. The zero-order valence-electron chi connectivity index (χ0n) is 19.6. The van der Waals surface area contributed by atoms with Crippen molar-refractivity contribution in [2.24, 2.45) is 10.2 Å². The van der Waals surface area contributed by atoms with Crippen molar-refractivity contribution in [3.05, 3.63) is 89.2 Å². The van der Waals surface area contributed by atoms with Crippen LogP contribution in [0.15, 0.2) is 76.9 Å². The number of carbonyl (C=O) groups excluding carboxylic acids is 2. The Balaban J connectivity index is 1.56. The highest BCUT2D eigenvalue weighted by Crippen LogP contribution is 2.11. The maximum absolute atomic E-state index is 12.4. The van der Waals surface area contributed by atoms with E-state index in [0.717, 1.165) is 22.5 Å². The average Bonchev–Trinajstić information content (AvgIpc) is 2.84. The molecular formula is C25H27N7O2. The van der Waals surface area contributed by atoms with Crippen molar-refractivity contribution in [2.75, 3.05) is 38.0 Å². The number of rotatable bonds is 8. The molecule has 0 spiro atoms. The third-order valence-electron chi connectivity index (χ3n) is 4.79. The molecule has 34 heavy (non-hydrogen) atoms. The Bertz CT molecular complexity index is 1090. The van der Waals surface area contributed by atoms with Crippen molar-refractivity contribution in [3.63, 3.8) is 0 Å². The first-order chi connectivity index (χ1) is 16.3. The van der Waals surface area contributed by atoms with Gasteiger partial charge in [-0.25, -0.2) is 15.8 Å². The second kappa shape index (κ2) is 11.4. The molecule has 0 aliphatic heterocycles. The van der Waals surface area contributed by atoms with E-state index in [9.17, 15) is 9.59 Å². The minimum absolute atomic E-state index is 0.0657. The van der Waals surface area contributed by atoms with Crippen LogP contribution in [0.4, 0.5) is 11.4 Å². The van der Waals surface area contributed by atoms with Gasteiger partial charge in [0.2, 0.25) is 0 Å². The Morgan fingerprint density at radius 2 is 1.06 bits per heavy atom. The van der Waals surface area contributed by atoms with Gasteiger partial charge in [-0.05, 0) is 47.5 Å². The van der Waals surface area contributed by atoms with Gasteiger partial charge in [0.25, 0.3) is 11.8 Å². The summed E-state index contributed by atoms with van der Waals surface area (Å²) in [4.78, 5) is 32.8. The minimum Gasteiger partial charge on any atom is -0.378 e. The lowest BCUT2D eigenvalue weighted by atomic mass is 10.2. The Hall–Kier alpha value is -4.53. The van der Waals surface area contributed by atoms with Crippen molar-refractivity contribution in [1.82, 2.24) is 15.8 Å². The molecular weight excluding hydrogens is 430 g/mol. The van der Waals surface area contributed by atoms with Crippen LogP contribution >= 0.6 is 0 Å². The van der Waals surface area contributed by atoms with Crippen LogP contribution in [0.1, 0.15) is 32.1 Å². The van der Waals surface area contributed by atoms with Crippen LogP contribution < -0.4 is 20.7 Å². The second-order valence-electron chi connectivity index (χ2n) is 7.78. The molecule has 9 nitrogen and oxygen atoms in total. The van der Waals surface area contributed by atoms with Crippen LogP contribution in [0.5, 0.6) is 0 Å². The number of carbonyl (C=O) groups is 2. The highest BCUT2D eigenvalue weighted by Gasteiger charge is 2.11. The predicted octanol–water partition coefficient (Wildman–Crippen LogP) is 2.74. The maximum Gasteiger partial charge on any atom is 0.289 e. The molecule has 0 saturated carbocycles. The molecule has 0 aliphatic rings. The van der Waals surface area contributed by atoms with E-state index in [1.165, 1.54) is 24.6 Å². The molecule has 0 unspecified atom stereocenters. The summed E-state index contributed by atoms with van der Waals surface area (Å²) in [6, 6.07) is 20.0. The number of hydrogen-bond donors (Lipinski definition) is 2. The number of amides is 2. The van der Waals surface area contributed by atoms with Crippen LogP contribution in [0, 0.1) is 0 Å². The first-order valence-corrected chi connectivity index (χ1v) is 10.5. The molecule has 2 aromatic carbocycles. The van der Waals surface area contributed by atoms with Gasteiger partial charge in [-0.15, -0.1) is 0 Å². The summed E-state index contributed by atoms with van der Waals surface area (Å²) in [5, 5.41) is 7.92. The number of aromatic nitrogens is 1. The monoisotopic (exact) mass is 457 g/mol. The van der Waals surface area contributed by atoms with E-state index < -0.39 is 11.8 Å². The van der Waals surface area contributed by atoms with Crippen LogP contribution in [-0.4, -0.2) is 57.4 Å². The Morgan fingerprint density at radius 1 is 0.676 bits per heavy atom. The Labute approximate surface area is 198 Å². The summed E-state index contributed by atoms with van der Waals surface area (Å²) < 4.78 is 0. The summed E-state index contributed by atoms with van der Waals surface area (Å²) in [6.45, 7) is 0. The smallest absolute Gasteiger partial charge is 0.289 e. The summed E-state index contributed by atoms with van der Waals surface area (Å²) in [5.74, 6) is -1.06. The van der Waals surface area contributed by atoms with Gasteiger partial charge in [-0.1, -0.05) is 30.3 Å². The van der Waals surface area contributed by atoms with Crippen molar-refractivity contribution in [3.8, 4) is 0 Å². The molecule has 3 rings (SSSR count). The predicted molar refractivity (Wildman–Crippen MR) is 136 cm³/mol. The van der Waals surface area contributed by atoms with E-state index in [1.54, 1.807) is 6.07 Å². The fourth-order valence-corrected chi connectivity index (χ4v) is 2.85. The van der Waals surface area contributed by atoms with E-state index in [2.05, 4.69) is 26.0 Å². The highest BCUT2D eigenvalue weighted by atomic mass is 16.2. The minimum atomic E-state index is -0.528. The van der Waals surface area contributed by atoms with Crippen LogP contribution in [-0.2, 0) is 0 Å². The molecule has 0 atom stereocenters. The average molecular weight is 458 g/mol. The lowest BCUT2D eigenvalue weighted by molar-refractivity contribution is 0.0945. The third-order valence-corrected chi connectivity index (χ3v) is 4.79. The van der Waals surface area contributed by atoms with Crippen molar-refractivity contribution in [2.45, 2.75) is 0 Å². The highest BCUT2D eigenvalue weighted by molar-refractivity contribution is 5.97. The van der Waals surface area contributed by atoms with E-state index in [0.29, 0.717) is 0 Å². The van der Waals surface area contributed by atoms with E-state index >= 15 is 0 Å². The van der Waals surface area contributed by atoms with Crippen molar-refractivity contribution >= 4 is 35.6 Å². The van der Waals surface area contributed by atoms with Gasteiger partial charge in [0.15, 0.2) is 0 Å². The van der Waals surface area contributed by atoms with Crippen molar-refractivity contribution in [1.29, 1.82) is 0 Å². The van der Waals surface area contributed by atoms with E-state index in [1.807, 2.05) is 86.5 Å². The normalized spacial score (nSPS) is 10.9. The molecule has 2 amide bonds. The van der Waals surface area contributed by atoms with Crippen LogP contribution in [0.2, 0.25) is 0 Å². The molecule has 2 N–H and O–H groups in total. The maximum atomic E-state index is 12.4. The first kappa shape index (κ1) is 24.1. The Kier molecular flexibility index (Phi) is 8.07. The summed E-state index contributed by atoms with van der Waals surface area (Å²) in [6.07, 6.45) is 3.07. The zero-order valence-corrected chi connectivity index (χ0v) is 19.6. The molecule has 0 fully saturated rings. The number of benzene rings is 2. The van der Waals surface area contributed by atoms with E-state index in [-0.39, 0.29) is 11.4 Å². The fraction of sp³-hybridized carbons (Fsp3) is 0.160. The molecule has 0 saturated heterocycles. The quantitative estimate of drug-likeness (QED) is 0.400. The standard InChI is InChI=1S/C25H27N7O2/c1-31(2)20-12-8-18(9-13-20)16-26-29-24(33)22-6-5-7-23(28-22)25(34)30-27-17-19-10-14-21(15-11-19)32(3)4/h5-17H,1-4H3,(H,29,33)(H,30,34)/b26-16-,27-17-. The molecule has 1 aromatic heterocycles. The number of pyridine rings is 1. The summed E-state index contributed by atoms with van der Waals surface area (Å²) in [7, 11) is 7.84. The number of nitrogens with zero attached hydrogens (tertiary/aromatic N) is 5. The zero-order chi connectivity index (χ0) is 24.5. The van der Waals surface area contributed by atoms with Crippen LogP contribution in [0.3, 0.4) is 0 Å². The molecule has 174 valence electrons. The third kappa shape index (κ3) is 6.73. The topological polar surface area (TPSA) is 102 Å². The SMILES string of the molecule is CN(C)c1ccc(/C=N\NC(=O)c2cccc(C(=O)N/N=C\c3ccc(N(C)C)cc3)n2)cc1. The molecule has 0 radical (unpaired) electrons. The fourth-order valence-electron chi connectivity index (χ4n) is 2.85. The van der Waals surface area contributed by atoms with Crippen molar-refractivity contribution < 1.29 is 9.59 Å². The first-order valence-electron chi connectivity index (χ1n) is 10.5. The van der Waals surface area contributed by atoms with Gasteiger partial charge in [0.05, 0.1) is 12.4 Å². The molecule has 0 aliphatic carbocycles. The number of hydrogen-bond acceptors (Lipinski definition) is 7. The van der Waals surface area contributed by atoms with E-state index in [4.69, 9.17) is 0 Å². The molecule has 9 heteroatoms. The molecule has 1 heterocycles. The number of anilines is 2. The number of hydrazone groups is 2. The van der Waals surface area contributed by atoms with Gasteiger partial charge in [-0.3, -0.25) is 9.59 Å². The van der Waals surface area contributed by atoms with Gasteiger partial charge in [0, 0.05) is 39.6 Å². The largest absolute Gasteiger partial charge is 0.378 e. The summed E-state index contributed by atoms with van der Waals surface area (Å²) in [5.41, 5.74) is 8.77. The lowest BCUT2D eigenvalue weighted by Gasteiger charge is -2.11. The Morgan fingerprint density at radius 3 is 1.41 bits per heavy atom. The van der Waals surface area contributed by atoms with Gasteiger partial charge in [-0.2, -0.15) is 10.2 Å². The van der Waals surface area contributed by atoms with Gasteiger partial charge >= 0.3 is 0 Å². The number of nitrogens with one attached hydrogen (secondary N) is 2. The summed E-state index contributed by atoms with van der Waals surface area (Å²) >= 11 is 0.